The van der Waals surface area contributed by atoms with Crippen LogP contribution in [0.5, 0.6) is 0 Å². The summed E-state index contributed by atoms with van der Waals surface area (Å²) in [5, 5.41) is 0. The summed E-state index contributed by atoms with van der Waals surface area (Å²) in [7, 11) is 1.92. The molecule has 0 bridgehead atoms. The highest BCUT2D eigenvalue weighted by Crippen LogP contribution is 2.27. The molecule has 1 saturated heterocycles. The lowest BCUT2D eigenvalue weighted by Crippen LogP contribution is -2.45. The van der Waals surface area contributed by atoms with Crippen molar-refractivity contribution in [3.8, 4) is 0 Å². The SMILES string of the molecule is CN(C(=O)CSc1ccccc1C(=O)N1CCCC(N)C1)C1CCCCC1.Cl. The molecule has 1 aromatic carbocycles. The van der Waals surface area contributed by atoms with Gasteiger partial charge >= 0.3 is 0 Å². The Hall–Kier alpha value is -1.24. The van der Waals surface area contributed by atoms with Crippen LogP contribution in [0, 0.1) is 0 Å². The maximum Gasteiger partial charge on any atom is 0.255 e. The zero-order valence-electron chi connectivity index (χ0n) is 16.6. The van der Waals surface area contributed by atoms with Crippen molar-refractivity contribution in [1.82, 2.24) is 9.80 Å². The molecule has 5 nitrogen and oxygen atoms in total. The van der Waals surface area contributed by atoms with E-state index in [-0.39, 0.29) is 30.3 Å². The van der Waals surface area contributed by atoms with Gasteiger partial charge in [-0.05, 0) is 37.8 Å². The van der Waals surface area contributed by atoms with Gasteiger partial charge in [-0.2, -0.15) is 0 Å². The predicted octanol–water partition coefficient (Wildman–Crippen LogP) is 3.55. The molecule has 1 saturated carbocycles. The van der Waals surface area contributed by atoms with E-state index in [2.05, 4.69) is 0 Å². The average Bonchev–Trinajstić information content (AvgIpc) is 2.71. The van der Waals surface area contributed by atoms with Crippen LogP contribution in [0.15, 0.2) is 29.2 Å². The minimum absolute atomic E-state index is 0. The van der Waals surface area contributed by atoms with Gasteiger partial charge in [-0.3, -0.25) is 9.59 Å². The average molecular weight is 426 g/mol. The van der Waals surface area contributed by atoms with Gasteiger partial charge in [-0.15, -0.1) is 24.2 Å². The van der Waals surface area contributed by atoms with Crippen LogP contribution in [0.1, 0.15) is 55.3 Å². The summed E-state index contributed by atoms with van der Waals surface area (Å²) in [5.74, 6) is 0.548. The van der Waals surface area contributed by atoms with E-state index in [9.17, 15) is 9.59 Å². The third-order valence-electron chi connectivity index (χ3n) is 5.73. The molecule has 1 aliphatic heterocycles. The first-order valence-corrected chi connectivity index (χ1v) is 11.1. The zero-order valence-corrected chi connectivity index (χ0v) is 18.3. The number of amides is 2. The van der Waals surface area contributed by atoms with Crippen LogP contribution in [0.3, 0.4) is 0 Å². The molecule has 2 N–H and O–H groups in total. The second-order valence-corrected chi connectivity index (χ2v) is 8.75. The normalized spacial score (nSPS) is 20.4. The highest BCUT2D eigenvalue weighted by Gasteiger charge is 2.25. The van der Waals surface area contributed by atoms with Gasteiger partial charge in [0.25, 0.3) is 5.91 Å². The summed E-state index contributed by atoms with van der Waals surface area (Å²) >= 11 is 1.47. The van der Waals surface area contributed by atoms with Crippen LogP contribution in [0.25, 0.3) is 0 Å². The molecule has 2 fully saturated rings. The fraction of sp³-hybridized carbons (Fsp3) is 0.619. The highest BCUT2D eigenvalue weighted by atomic mass is 35.5. The van der Waals surface area contributed by atoms with E-state index in [0.29, 0.717) is 23.9 Å². The van der Waals surface area contributed by atoms with E-state index in [0.717, 1.165) is 37.1 Å². The number of likely N-dealkylation sites (tertiary alicyclic amines) is 1. The van der Waals surface area contributed by atoms with Crippen molar-refractivity contribution in [2.45, 2.75) is 61.9 Å². The number of nitrogens with two attached hydrogens (primary N) is 1. The van der Waals surface area contributed by atoms with E-state index in [1.54, 1.807) is 0 Å². The molecular formula is C21H32ClN3O2S. The van der Waals surface area contributed by atoms with Gasteiger partial charge in [0.1, 0.15) is 0 Å². The Labute approximate surface area is 178 Å². The third-order valence-corrected chi connectivity index (χ3v) is 6.79. The van der Waals surface area contributed by atoms with Crippen LogP contribution < -0.4 is 5.73 Å². The minimum Gasteiger partial charge on any atom is -0.342 e. The maximum absolute atomic E-state index is 13.0. The zero-order chi connectivity index (χ0) is 19.2. The van der Waals surface area contributed by atoms with Gasteiger partial charge in [0.2, 0.25) is 5.91 Å². The summed E-state index contributed by atoms with van der Waals surface area (Å²) < 4.78 is 0. The number of halogens is 1. The lowest BCUT2D eigenvalue weighted by atomic mass is 9.94. The number of carbonyl (C=O) groups excluding carboxylic acids is 2. The number of hydrogen-bond donors (Lipinski definition) is 1. The molecule has 2 aliphatic rings. The van der Waals surface area contributed by atoms with E-state index < -0.39 is 0 Å². The molecule has 1 atom stereocenters. The molecule has 0 aromatic heterocycles. The van der Waals surface area contributed by atoms with Gasteiger partial charge in [0.15, 0.2) is 0 Å². The number of piperidine rings is 1. The second kappa shape index (κ2) is 11.1. The molecule has 1 unspecified atom stereocenters. The van der Waals surface area contributed by atoms with Gasteiger partial charge in [-0.25, -0.2) is 0 Å². The minimum atomic E-state index is 0. The van der Waals surface area contributed by atoms with Crippen molar-refractivity contribution in [2.24, 2.45) is 5.73 Å². The van der Waals surface area contributed by atoms with Crippen LogP contribution in [-0.4, -0.2) is 59.6 Å². The fourth-order valence-corrected chi connectivity index (χ4v) is 5.02. The van der Waals surface area contributed by atoms with E-state index in [1.807, 2.05) is 41.1 Å². The number of benzene rings is 1. The second-order valence-electron chi connectivity index (χ2n) is 7.73. The summed E-state index contributed by atoms with van der Waals surface area (Å²) in [5.41, 5.74) is 6.72. The van der Waals surface area contributed by atoms with Crippen molar-refractivity contribution < 1.29 is 9.59 Å². The quantitative estimate of drug-likeness (QED) is 0.732. The molecule has 2 amide bonds. The van der Waals surface area contributed by atoms with Crippen LogP contribution in [0.4, 0.5) is 0 Å². The van der Waals surface area contributed by atoms with Crippen molar-refractivity contribution in [2.75, 3.05) is 25.9 Å². The molecule has 1 heterocycles. The van der Waals surface area contributed by atoms with Gasteiger partial charge in [0.05, 0.1) is 11.3 Å². The van der Waals surface area contributed by atoms with Crippen molar-refractivity contribution in [1.29, 1.82) is 0 Å². The van der Waals surface area contributed by atoms with Crippen LogP contribution >= 0.6 is 24.2 Å². The predicted molar refractivity (Wildman–Crippen MR) is 117 cm³/mol. The first kappa shape index (κ1) is 23.0. The number of hydrogen-bond acceptors (Lipinski definition) is 4. The first-order chi connectivity index (χ1) is 13.1. The number of carbonyl (C=O) groups is 2. The topological polar surface area (TPSA) is 66.6 Å². The molecule has 0 spiro atoms. The molecule has 156 valence electrons. The Morgan fingerprint density at radius 2 is 1.86 bits per heavy atom. The van der Waals surface area contributed by atoms with Gasteiger partial charge in [-0.1, -0.05) is 31.4 Å². The Balaban J connectivity index is 0.00000280. The van der Waals surface area contributed by atoms with Gasteiger partial charge in [0, 0.05) is 37.1 Å². The van der Waals surface area contributed by atoms with Crippen molar-refractivity contribution in [3.63, 3.8) is 0 Å². The monoisotopic (exact) mass is 425 g/mol. The van der Waals surface area contributed by atoms with Gasteiger partial charge < -0.3 is 15.5 Å². The lowest BCUT2D eigenvalue weighted by molar-refractivity contribution is -0.129. The summed E-state index contributed by atoms with van der Waals surface area (Å²) in [6, 6.07) is 8.05. The number of thioether (sulfide) groups is 1. The van der Waals surface area contributed by atoms with Crippen molar-refractivity contribution >= 4 is 36.0 Å². The molecule has 3 rings (SSSR count). The number of nitrogens with zero attached hydrogens (tertiary/aromatic N) is 2. The molecular weight excluding hydrogens is 394 g/mol. The molecule has 7 heteroatoms. The fourth-order valence-electron chi connectivity index (χ4n) is 4.05. The smallest absolute Gasteiger partial charge is 0.255 e. The van der Waals surface area contributed by atoms with E-state index >= 15 is 0 Å². The van der Waals surface area contributed by atoms with Crippen LogP contribution in [0.2, 0.25) is 0 Å². The Morgan fingerprint density at radius 1 is 1.14 bits per heavy atom. The Kier molecular flexibility index (Phi) is 9.12. The molecule has 1 aromatic rings. The van der Waals surface area contributed by atoms with E-state index in [4.69, 9.17) is 5.73 Å². The third kappa shape index (κ3) is 5.88. The first-order valence-electron chi connectivity index (χ1n) is 10.1. The van der Waals surface area contributed by atoms with Crippen molar-refractivity contribution in [3.05, 3.63) is 29.8 Å². The van der Waals surface area contributed by atoms with E-state index in [1.165, 1.54) is 31.0 Å². The summed E-state index contributed by atoms with van der Waals surface area (Å²) in [6.45, 7) is 1.37. The highest BCUT2D eigenvalue weighted by molar-refractivity contribution is 8.00. The molecule has 28 heavy (non-hydrogen) atoms. The summed E-state index contributed by atoms with van der Waals surface area (Å²) in [6.07, 6.45) is 7.85. The largest absolute Gasteiger partial charge is 0.342 e. The Morgan fingerprint density at radius 3 is 2.57 bits per heavy atom. The summed E-state index contributed by atoms with van der Waals surface area (Å²) in [4.78, 5) is 30.2. The molecule has 0 radical (unpaired) electrons. The Bertz CT molecular complexity index is 667. The number of rotatable bonds is 5. The maximum atomic E-state index is 13.0. The lowest BCUT2D eigenvalue weighted by Gasteiger charge is -2.32. The standard InChI is InChI=1S/C21H31N3O2S.ClH/c1-23(17-9-3-2-4-10-17)20(25)15-27-19-12-6-5-11-18(19)21(26)24-13-7-8-16(22)14-24;/h5-6,11-12,16-17H,2-4,7-10,13-15,22H2,1H3;1H. The molecule has 1 aliphatic carbocycles. The van der Waals surface area contributed by atoms with Crippen LogP contribution in [-0.2, 0) is 4.79 Å².